The number of anilines is 1. The number of nitrogens with one attached hydrogen (secondary N) is 1. The summed E-state index contributed by atoms with van der Waals surface area (Å²) in [5.41, 5.74) is 6.20. The van der Waals surface area contributed by atoms with Crippen molar-refractivity contribution in [1.82, 2.24) is 0 Å². The molecule has 1 aromatic rings. The molecule has 0 heterocycles. The normalized spacial score (nSPS) is 16.9. The first-order chi connectivity index (χ1) is 7.57. The van der Waals surface area contributed by atoms with E-state index >= 15 is 0 Å². The molecule has 4 heteroatoms. The fraction of sp³-hybridized carbons (Fsp3) is 0.417. The predicted molar refractivity (Wildman–Crippen MR) is 60.5 cm³/mol. The second-order valence-corrected chi connectivity index (χ2v) is 4.40. The van der Waals surface area contributed by atoms with Gasteiger partial charge in [-0.15, -0.1) is 0 Å². The average Bonchev–Trinajstić information content (AvgIpc) is 3.04. The van der Waals surface area contributed by atoms with Crippen LogP contribution in [0.2, 0.25) is 0 Å². The van der Waals surface area contributed by atoms with E-state index in [1.165, 1.54) is 6.07 Å². The van der Waals surface area contributed by atoms with E-state index in [0.717, 1.165) is 12.8 Å². The fourth-order valence-electron chi connectivity index (χ4n) is 1.61. The fourth-order valence-corrected chi connectivity index (χ4v) is 1.61. The number of halogens is 1. The van der Waals surface area contributed by atoms with E-state index in [4.69, 9.17) is 5.73 Å². The van der Waals surface area contributed by atoms with Crippen LogP contribution in [-0.2, 0) is 4.79 Å². The Morgan fingerprint density at radius 2 is 2.25 bits per heavy atom. The molecule has 1 saturated carbocycles. The molecule has 3 N–H and O–H groups in total. The summed E-state index contributed by atoms with van der Waals surface area (Å²) < 4.78 is 13.2. The van der Waals surface area contributed by atoms with E-state index in [-0.39, 0.29) is 11.7 Å². The maximum Gasteiger partial charge on any atom is 0.231 e. The molecule has 1 amide bonds. The summed E-state index contributed by atoms with van der Waals surface area (Å²) in [6.07, 6.45) is 1.65. The molecule has 0 aliphatic heterocycles. The number of carbonyl (C=O) groups excluding carboxylic acids is 1. The van der Waals surface area contributed by atoms with Gasteiger partial charge in [0.1, 0.15) is 5.82 Å². The highest BCUT2D eigenvalue weighted by Crippen LogP contribution is 2.45. The monoisotopic (exact) mass is 222 g/mol. The number of benzene rings is 1. The molecule has 86 valence electrons. The lowest BCUT2D eigenvalue weighted by molar-refractivity contribution is -0.120. The summed E-state index contributed by atoms with van der Waals surface area (Å²) >= 11 is 0. The van der Waals surface area contributed by atoms with Gasteiger partial charge in [-0.25, -0.2) is 4.39 Å². The largest absolute Gasteiger partial charge is 0.329 e. The van der Waals surface area contributed by atoms with Crippen LogP contribution in [0.4, 0.5) is 10.1 Å². The van der Waals surface area contributed by atoms with Gasteiger partial charge in [-0.2, -0.15) is 0 Å². The van der Waals surface area contributed by atoms with Gasteiger partial charge >= 0.3 is 0 Å². The Kier molecular flexibility index (Phi) is 2.68. The Hall–Kier alpha value is -1.42. The number of nitrogens with two attached hydrogens (primary N) is 1. The summed E-state index contributed by atoms with van der Waals surface area (Å²) in [4.78, 5) is 11.8. The summed E-state index contributed by atoms with van der Waals surface area (Å²) in [5, 5.41) is 2.70. The molecule has 0 saturated heterocycles. The molecule has 0 unspecified atom stereocenters. The zero-order valence-corrected chi connectivity index (χ0v) is 9.22. The Balaban J connectivity index is 2.09. The van der Waals surface area contributed by atoms with Gasteiger partial charge in [-0.1, -0.05) is 6.07 Å². The average molecular weight is 222 g/mol. The number of hydrogen-bond acceptors (Lipinski definition) is 2. The minimum atomic E-state index is -0.401. The molecule has 0 spiro atoms. The van der Waals surface area contributed by atoms with Crippen molar-refractivity contribution in [3.05, 3.63) is 29.6 Å². The van der Waals surface area contributed by atoms with Crippen LogP contribution in [0.15, 0.2) is 18.2 Å². The molecule has 1 aliphatic carbocycles. The van der Waals surface area contributed by atoms with E-state index in [1.54, 1.807) is 19.1 Å². The Morgan fingerprint density at radius 1 is 1.56 bits per heavy atom. The molecular formula is C12H15FN2O. The van der Waals surface area contributed by atoms with Crippen LogP contribution in [0.3, 0.4) is 0 Å². The van der Waals surface area contributed by atoms with Crippen LogP contribution in [-0.4, -0.2) is 12.5 Å². The van der Waals surface area contributed by atoms with Gasteiger partial charge in [0.15, 0.2) is 0 Å². The second kappa shape index (κ2) is 3.87. The quantitative estimate of drug-likeness (QED) is 0.819. The van der Waals surface area contributed by atoms with E-state index in [0.29, 0.717) is 17.8 Å². The van der Waals surface area contributed by atoms with Gasteiger partial charge in [-0.3, -0.25) is 4.79 Å². The van der Waals surface area contributed by atoms with Crippen molar-refractivity contribution in [2.24, 2.45) is 11.1 Å². The van der Waals surface area contributed by atoms with Crippen LogP contribution < -0.4 is 11.1 Å². The van der Waals surface area contributed by atoms with Crippen LogP contribution in [0.1, 0.15) is 18.4 Å². The molecule has 0 aromatic heterocycles. The van der Waals surface area contributed by atoms with Crippen molar-refractivity contribution in [2.45, 2.75) is 19.8 Å². The minimum Gasteiger partial charge on any atom is -0.329 e. The molecule has 1 aliphatic rings. The summed E-state index contributed by atoms with van der Waals surface area (Å²) in [6.45, 7) is 2.04. The standard InChI is InChI=1S/C12H15FN2O/c1-8-2-3-9(6-10(8)13)15-11(16)12(7-14)4-5-12/h2-3,6H,4-5,7,14H2,1H3,(H,15,16). The van der Waals surface area contributed by atoms with Gasteiger partial charge in [0.25, 0.3) is 0 Å². The van der Waals surface area contributed by atoms with E-state index < -0.39 is 5.41 Å². The Labute approximate surface area is 93.8 Å². The number of aryl methyl sites for hydroxylation is 1. The van der Waals surface area contributed by atoms with E-state index in [9.17, 15) is 9.18 Å². The minimum absolute atomic E-state index is 0.0988. The third-order valence-corrected chi connectivity index (χ3v) is 3.16. The highest BCUT2D eigenvalue weighted by Gasteiger charge is 2.48. The van der Waals surface area contributed by atoms with Crippen molar-refractivity contribution in [3.8, 4) is 0 Å². The van der Waals surface area contributed by atoms with Gasteiger partial charge < -0.3 is 11.1 Å². The maximum absolute atomic E-state index is 13.2. The molecule has 0 atom stereocenters. The first kappa shape index (κ1) is 11.1. The maximum atomic E-state index is 13.2. The Morgan fingerprint density at radius 3 is 2.75 bits per heavy atom. The van der Waals surface area contributed by atoms with Crippen molar-refractivity contribution >= 4 is 11.6 Å². The number of amides is 1. The molecule has 1 fully saturated rings. The van der Waals surface area contributed by atoms with Crippen LogP contribution >= 0.6 is 0 Å². The van der Waals surface area contributed by atoms with Crippen LogP contribution in [0.5, 0.6) is 0 Å². The van der Waals surface area contributed by atoms with Gasteiger partial charge in [0.05, 0.1) is 5.41 Å². The number of carbonyl (C=O) groups is 1. The smallest absolute Gasteiger partial charge is 0.231 e. The molecule has 0 bridgehead atoms. The Bertz CT molecular complexity index is 427. The van der Waals surface area contributed by atoms with Gasteiger partial charge in [0, 0.05) is 12.2 Å². The van der Waals surface area contributed by atoms with E-state index in [2.05, 4.69) is 5.32 Å². The first-order valence-corrected chi connectivity index (χ1v) is 5.35. The molecule has 2 rings (SSSR count). The van der Waals surface area contributed by atoms with Crippen molar-refractivity contribution in [3.63, 3.8) is 0 Å². The summed E-state index contributed by atoms with van der Waals surface area (Å²) in [5.74, 6) is -0.409. The summed E-state index contributed by atoms with van der Waals surface area (Å²) in [6, 6.07) is 4.68. The van der Waals surface area contributed by atoms with Crippen LogP contribution in [0.25, 0.3) is 0 Å². The topological polar surface area (TPSA) is 55.1 Å². The van der Waals surface area contributed by atoms with Gasteiger partial charge in [0.2, 0.25) is 5.91 Å². The zero-order valence-electron chi connectivity index (χ0n) is 9.22. The lowest BCUT2D eigenvalue weighted by Crippen LogP contribution is -2.30. The van der Waals surface area contributed by atoms with Crippen molar-refractivity contribution < 1.29 is 9.18 Å². The van der Waals surface area contributed by atoms with Crippen molar-refractivity contribution in [2.75, 3.05) is 11.9 Å². The molecule has 3 nitrogen and oxygen atoms in total. The predicted octanol–water partition coefficient (Wildman–Crippen LogP) is 1.81. The van der Waals surface area contributed by atoms with Gasteiger partial charge in [-0.05, 0) is 37.5 Å². The number of hydrogen-bond donors (Lipinski definition) is 2. The second-order valence-electron chi connectivity index (χ2n) is 4.40. The molecule has 1 aromatic carbocycles. The highest BCUT2D eigenvalue weighted by atomic mass is 19.1. The number of rotatable bonds is 3. The summed E-state index contributed by atoms with van der Waals surface area (Å²) in [7, 11) is 0. The lowest BCUT2D eigenvalue weighted by atomic mass is 10.1. The zero-order chi connectivity index (χ0) is 11.8. The highest BCUT2D eigenvalue weighted by molar-refractivity contribution is 5.97. The molecule has 0 radical (unpaired) electrons. The van der Waals surface area contributed by atoms with E-state index in [1.807, 2.05) is 0 Å². The lowest BCUT2D eigenvalue weighted by Gasteiger charge is -2.13. The van der Waals surface area contributed by atoms with Crippen LogP contribution in [0, 0.1) is 18.2 Å². The van der Waals surface area contributed by atoms with Crippen molar-refractivity contribution in [1.29, 1.82) is 0 Å². The SMILES string of the molecule is Cc1ccc(NC(=O)C2(CN)CC2)cc1F. The first-order valence-electron chi connectivity index (χ1n) is 5.35. The third-order valence-electron chi connectivity index (χ3n) is 3.16. The molecular weight excluding hydrogens is 207 g/mol. The third kappa shape index (κ3) is 1.93. The molecule has 16 heavy (non-hydrogen) atoms.